The monoisotopic (exact) mass is 434 g/mol. The maximum Gasteiger partial charge on any atom is 0.293 e. The molecule has 5 rings (SSSR count). The van der Waals surface area contributed by atoms with Gasteiger partial charge < -0.3 is 9.80 Å². The average Bonchev–Trinajstić information content (AvgIpc) is 3.45. The molecule has 0 aliphatic carbocycles. The number of benzene rings is 1. The van der Waals surface area contributed by atoms with Crippen LogP contribution in [0.15, 0.2) is 42.6 Å². The Bertz CT molecular complexity index is 1180. The molecule has 0 radical (unpaired) electrons. The highest BCUT2D eigenvalue weighted by molar-refractivity contribution is 5.96. The molecule has 0 N–H and O–H groups in total. The summed E-state index contributed by atoms with van der Waals surface area (Å²) in [6.45, 7) is 4.34. The van der Waals surface area contributed by atoms with Crippen LogP contribution >= 0.6 is 0 Å². The summed E-state index contributed by atoms with van der Waals surface area (Å²) >= 11 is 0. The third-order valence-electron chi connectivity index (χ3n) is 6.57. The number of nitrogens with zero attached hydrogens (tertiary/aromatic N) is 6. The highest BCUT2D eigenvalue weighted by Crippen LogP contribution is 2.36. The Morgan fingerprint density at radius 3 is 2.78 bits per heavy atom. The zero-order valence-electron chi connectivity index (χ0n) is 18.1. The Kier molecular flexibility index (Phi) is 5.24. The molecule has 0 saturated carbocycles. The molecule has 0 unspecified atom stereocenters. The molecule has 2 atom stereocenters. The molecular weight excluding hydrogens is 408 g/mol. The lowest BCUT2D eigenvalue weighted by molar-refractivity contribution is -0.384. The first-order chi connectivity index (χ1) is 15.5. The van der Waals surface area contributed by atoms with E-state index in [1.165, 1.54) is 6.07 Å². The summed E-state index contributed by atoms with van der Waals surface area (Å²) in [6.07, 6.45) is 5.68. The van der Waals surface area contributed by atoms with Gasteiger partial charge in [-0.3, -0.25) is 19.3 Å². The molecule has 9 heteroatoms. The lowest BCUT2D eigenvalue weighted by Gasteiger charge is -2.32. The van der Waals surface area contributed by atoms with Gasteiger partial charge in [-0.1, -0.05) is 13.0 Å². The van der Waals surface area contributed by atoms with E-state index in [1.54, 1.807) is 17.0 Å². The molecule has 0 spiro atoms. The van der Waals surface area contributed by atoms with Crippen molar-refractivity contribution in [3.8, 4) is 0 Å². The van der Waals surface area contributed by atoms with E-state index in [0.29, 0.717) is 23.7 Å². The second-order valence-corrected chi connectivity index (χ2v) is 8.80. The molecule has 0 bridgehead atoms. The Morgan fingerprint density at radius 2 is 1.97 bits per heavy atom. The minimum atomic E-state index is -0.376. The number of aromatic nitrogens is 3. The van der Waals surface area contributed by atoms with E-state index in [4.69, 9.17) is 0 Å². The maximum absolute atomic E-state index is 13.4. The number of likely N-dealkylation sites (tertiary alicyclic amines) is 1. The van der Waals surface area contributed by atoms with Crippen molar-refractivity contribution < 1.29 is 9.72 Å². The van der Waals surface area contributed by atoms with Crippen LogP contribution in [0.2, 0.25) is 0 Å². The van der Waals surface area contributed by atoms with Gasteiger partial charge in [0.15, 0.2) is 11.5 Å². The number of carbonyl (C=O) groups is 1. The Hall–Kier alpha value is -3.49. The summed E-state index contributed by atoms with van der Waals surface area (Å²) < 4.78 is 1.90. The van der Waals surface area contributed by atoms with Gasteiger partial charge in [0.1, 0.15) is 5.69 Å². The van der Waals surface area contributed by atoms with Gasteiger partial charge >= 0.3 is 0 Å². The first kappa shape index (κ1) is 20.4. The molecule has 3 aromatic rings. The van der Waals surface area contributed by atoms with E-state index in [9.17, 15) is 14.9 Å². The summed E-state index contributed by atoms with van der Waals surface area (Å²) in [7, 11) is 0. The summed E-state index contributed by atoms with van der Waals surface area (Å²) in [5.41, 5.74) is 1.66. The van der Waals surface area contributed by atoms with Crippen LogP contribution < -0.4 is 4.90 Å². The van der Waals surface area contributed by atoms with E-state index in [1.807, 2.05) is 28.8 Å². The molecule has 2 aliphatic heterocycles. The number of nitro benzene ring substituents is 1. The van der Waals surface area contributed by atoms with Gasteiger partial charge in [-0.15, -0.1) is 10.2 Å². The highest BCUT2D eigenvalue weighted by Gasteiger charge is 2.35. The van der Waals surface area contributed by atoms with Gasteiger partial charge in [-0.25, -0.2) is 0 Å². The molecule has 1 amide bonds. The number of hydrogen-bond donors (Lipinski definition) is 0. The van der Waals surface area contributed by atoms with Crippen molar-refractivity contribution in [2.75, 3.05) is 24.5 Å². The lowest BCUT2D eigenvalue weighted by atomic mass is 9.99. The van der Waals surface area contributed by atoms with Crippen molar-refractivity contribution in [3.05, 3.63) is 64.1 Å². The molecule has 2 aromatic heterocycles. The fourth-order valence-electron chi connectivity index (χ4n) is 5.01. The number of carbonyl (C=O) groups excluding carboxylic acids is 1. The number of piperidine rings is 1. The van der Waals surface area contributed by atoms with Crippen molar-refractivity contribution in [3.63, 3.8) is 0 Å². The van der Waals surface area contributed by atoms with Crippen LogP contribution in [0.3, 0.4) is 0 Å². The predicted octanol–water partition coefficient (Wildman–Crippen LogP) is 3.85. The van der Waals surface area contributed by atoms with Gasteiger partial charge in [0, 0.05) is 37.5 Å². The number of amides is 1. The topological polar surface area (TPSA) is 96.9 Å². The van der Waals surface area contributed by atoms with Crippen LogP contribution in [0.1, 0.15) is 54.8 Å². The van der Waals surface area contributed by atoms with Gasteiger partial charge in [-0.2, -0.15) is 0 Å². The smallest absolute Gasteiger partial charge is 0.293 e. The van der Waals surface area contributed by atoms with Crippen molar-refractivity contribution in [1.82, 2.24) is 19.5 Å². The summed E-state index contributed by atoms with van der Waals surface area (Å²) in [4.78, 5) is 28.8. The third kappa shape index (κ3) is 3.57. The third-order valence-corrected chi connectivity index (χ3v) is 6.57. The fraction of sp³-hybridized carbons (Fsp3) is 0.435. The van der Waals surface area contributed by atoms with Crippen LogP contribution in [0, 0.1) is 16.0 Å². The second kappa shape index (κ2) is 8.22. The number of rotatable bonds is 4. The standard InChI is InChI=1S/C23H26N6O3/c1-16-6-4-11-26(15-16)18-10-9-17(14-20(18)29(31)32)23(30)27-13-5-7-19(27)22-25-24-21-8-2-3-12-28(21)22/h2-3,8-10,12,14,16,19H,4-7,11,13,15H2,1H3/t16-,19-/m1/s1. The van der Waals surface area contributed by atoms with Crippen LogP contribution in [-0.4, -0.2) is 50.0 Å². The Labute approximate surface area is 185 Å². The Balaban J connectivity index is 1.45. The molecule has 4 heterocycles. The van der Waals surface area contributed by atoms with Gasteiger partial charge in [-0.05, 0) is 55.9 Å². The van der Waals surface area contributed by atoms with Crippen molar-refractivity contribution in [1.29, 1.82) is 0 Å². The first-order valence-corrected chi connectivity index (χ1v) is 11.2. The average molecular weight is 435 g/mol. The minimum absolute atomic E-state index is 0.00590. The molecule has 2 fully saturated rings. The minimum Gasteiger partial charge on any atom is -0.366 e. The van der Waals surface area contributed by atoms with Gasteiger partial charge in [0.25, 0.3) is 11.6 Å². The fourth-order valence-corrected chi connectivity index (χ4v) is 5.01. The molecular formula is C23H26N6O3. The van der Waals surface area contributed by atoms with E-state index in [2.05, 4.69) is 22.0 Å². The quantitative estimate of drug-likeness (QED) is 0.457. The normalized spacial score (nSPS) is 21.3. The van der Waals surface area contributed by atoms with Gasteiger partial charge in [0.05, 0.1) is 11.0 Å². The largest absolute Gasteiger partial charge is 0.366 e. The number of pyridine rings is 1. The summed E-state index contributed by atoms with van der Waals surface area (Å²) in [5.74, 6) is 1.01. The summed E-state index contributed by atoms with van der Waals surface area (Å²) in [6, 6.07) is 10.4. The van der Waals surface area contributed by atoms with Crippen LogP contribution in [0.4, 0.5) is 11.4 Å². The zero-order chi connectivity index (χ0) is 22.2. The number of nitro groups is 1. The molecule has 1 aromatic carbocycles. The van der Waals surface area contributed by atoms with E-state index in [-0.39, 0.29) is 22.6 Å². The van der Waals surface area contributed by atoms with Crippen LogP contribution in [0.25, 0.3) is 5.65 Å². The van der Waals surface area contributed by atoms with E-state index >= 15 is 0 Å². The van der Waals surface area contributed by atoms with E-state index in [0.717, 1.165) is 50.2 Å². The number of hydrogen-bond acceptors (Lipinski definition) is 6. The number of fused-ring (bicyclic) bond motifs is 1. The summed E-state index contributed by atoms with van der Waals surface area (Å²) in [5, 5.41) is 20.4. The first-order valence-electron chi connectivity index (χ1n) is 11.2. The van der Waals surface area contributed by atoms with Crippen LogP contribution in [-0.2, 0) is 0 Å². The number of anilines is 1. The Morgan fingerprint density at radius 1 is 1.12 bits per heavy atom. The second-order valence-electron chi connectivity index (χ2n) is 8.80. The lowest BCUT2D eigenvalue weighted by Crippen LogP contribution is -2.35. The van der Waals surface area contributed by atoms with Crippen LogP contribution in [0.5, 0.6) is 0 Å². The molecule has 166 valence electrons. The van der Waals surface area contributed by atoms with Crippen molar-refractivity contribution >= 4 is 22.9 Å². The zero-order valence-corrected chi connectivity index (χ0v) is 18.1. The van der Waals surface area contributed by atoms with E-state index < -0.39 is 0 Å². The predicted molar refractivity (Wildman–Crippen MR) is 120 cm³/mol. The molecule has 2 aliphatic rings. The van der Waals surface area contributed by atoms with Crippen molar-refractivity contribution in [2.45, 2.75) is 38.6 Å². The van der Waals surface area contributed by atoms with Crippen molar-refractivity contribution in [2.24, 2.45) is 5.92 Å². The highest BCUT2D eigenvalue weighted by atomic mass is 16.6. The van der Waals surface area contributed by atoms with Gasteiger partial charge in [0.2, 0.25) is 0 Å². The molecule has 32 heavy (non-hydrogen) atoms. The SMILES string of the molecule is C[C@@H]1CCCN(c2ccc(C(=O)N3CCC[C@@H]3c3nnc4ccccn34)cc2[N+](=O)[O-])C1. The molecule has 9 nitrogen and oxygen atoms in total. The maximum atomic E-state index is 13.4. The molecule has 2 saturated heterocycles.